The quantitative estimate of drug-likeness (QED) is 0.761. The Bertz CT molecular complexity index is 492. The van der Waals surface area contributed by atoms with Crippen molar-refractivity contribution in [1.29, 1.82) is 0 Å². The second kappa shape index (κ2) is 3.34. The number of nitrogens with zero attached hydrogens (tertiary/aromatic N) is 4. The molecule has 8 heteroatoms. The smallest absolute Gasteiger partial charge is 0.248 e. The molecule has 0 aliphatic heterocycles. The highest BCUT2D eigenvalue weighted by Crippen LogP contribution is 2.20. The first-order chi connectivity index (χ1) is 6.96. The summed E-state index contributed by atoms with van der Waals surface area (Å²) in [7, 11) is 0. The van der Waals surface area contributed by atoms with Gasteiger partial charge in [0.1, 0.15) is 17.2 Å². The van der Waals surface area contributed by atoms with Crippen LogP contribution in [-0.4, -0.2) is 25.9 Å². The summed E-state index contributed by atoms with van der Waals surface area (Å²) in [6.45, 7) is -1.20. The van der Waals surface area contributed by atoms with Gasteiger partial charge in [-0.25, -0.2) is 14.6 Å². The average Bonchev–Trinajstić information content (AvgIpc) is 2.46. The van der Waals surface area contributed by atoms with E-state index < -0.39 is 12.7 Å². The first kappa shape index (κ1) is 10.2. The van der Waals surface area contributed by atoms with Crippen molar-refractivity contribution in [3.8, 4) is 0 Å². The third kappa shape index (κ3) is 2.17. The molecule has 80 valence electrons. The molecule has 0 aliphatic rings. The molecule has 2 aromatic rings. The van der Waals surface area contributed by atoms with Gasteiger partial charge in [-0.2, -0.15) is 18.3 Å². The van der Waals surface area contributed by atoms with Gasteiger partial charge in [-0.3, -0.25) is 0 Å². The number of aromatic nitrogens is 4. The highest BCUT2D eigenvalue weighted by Gasteiger charge is 2.29. The molecule has 0 saturated heterocycles. The van der Waals surface area contributed by atoms with Crippen molar-refractivity contribution in [2.45, 2.75) is 12.7 Å². The Balaban J connectivity index is 2.48. The Morgan fingerprint density at radius 3 is 2.73 bits per heavy atom. The van der Waals surface area contributed by atoms with Crippen molar-refractivity contribution in [2.75, 3.05) is 0 Å². The van der Waals surface area contributed by atoms with E-state index in [1.807, 2.05) is 0 Å². The van der Waals surface area contributed by atoms with Crippen molar-refractivity contribution in [3.05, 3.63) is 17.5 Å². The molecule has 0 unspecified atom stereocenters. The van der Waals surface area contributed by atoms with Crippen LogP contribution in [0.1, 0.15) is 0 Å². The summed E-state index contributed by atoms with van der Waals surface area (Å²) >= 11 is 5.52. The van der Waals surface area contributed by atoms with E-state index in [9.17, 15) is 13.2 Å². The number of alkyl halides is 3. The topological polar surface area (TPSA) is 43.6 Å². The van der Waals surface area contributed by atoms with E-state index in [1.165, 1.54) is 12.4 Å². The molecule has 0 aliphatic carbocycles. The summed E-state index contributed by atoms with van der Waals surface area (Å²) in [6.07, 6.45) is -1.88. The number of halogens is 4. The van der Waals surface area contributed by atoms with E-state index in [4.69, 9.17) is 11.6 Å². The second-order valence-corrected chi connectivity index (χ2v) is 3.21. The first-order valence-electron chi connectivity index (χ1n) is 3.86. The predicted octanol–water partition coefficient (Wildman–Crippen LogP) is 2.04. The number of rotatable bonds is 1. The molecule has 4 nitrogen and oxygen atoms in total. The summed E-state index contributed by atoms with van der Waals surface area (Å²) in [6, 6.07) is 0. The van der Waals surface area contributed by atoms with E-state index >= 15 is 0 Å². The minimum atomic E-state index is -4.34. The van der Waals surface area contributed by atoms with Gasteiger partial charge in [0.15, 0.2) is 5.65 Å². The monoisotopic (exact) mass is 236 g/mol. The Morgan fingerprint density at radius 2 is 2.07 bits per heavy atom. The van der Waals surface area contributed by atoms with Gasteiger partial charge < -0.3 is 0 Å². The van der Waals surface area contributed by atoms with Gasteiger partial charge in [0.25, 0.3) is 0 Å². The van der Waals surface area contributed by atoms with Crippen LogP contribution in [0.5, 0.6) is 0 Å². The number of fused-ring (bicyclic) bond motifs is 1. The molecule has 0 spiro atoms. The maximum absolute atomic E-state index is 12.1. The summed E-state index contributed by atoms with van der Waals surface area (Å²) in [5, 5.41) is 3.57. The van der Waals surface area contributed by atoms with Crippen LogP contribution in [0.4, 0.5) is 13.2 Å². The third-order valence-corrected chi connectivity index (χ3v) is 1.83. The Morgan fingerprint density at radius 1 is 1.33 bits per heavy atom. The van der Waals surface area contributed by atoms with E-state index in [1.54, 1.807) is 0 Å². The maximum atomic E-state index is 12.1. The van der Waals surface area contributed by atoms with Gasteiger partial charge in [0.2, 0.25) is 0 Å². The molecule has 0 radical (unpaired) electrons. The standard InChI is InChI=1S/C7H4ClF3N4/c8-5-2-12-4-1-13-15(6(4)14-5)3-7(9,10)11/h1-2H,3H2. The first-order valence-corrected chi connectivity index (χ1v) is 4.24. The van der Waals surface area contributed by atoms with Crippen molar-refractivity contribution < 1.29 is 13.2 Å². The zero-order chi connectivity index (χ0) is 11.1. The van der Waals surface area contributed by atoms with Crippen molar-refractivity contribution in [1.82, 2.24) is 19.7 Å². The molecule has 0 atom stereocenters. The SMILES string of the molecule is FC(F)(F)Cn1ncc2ncc(Cl)nc21. The zero-order valence-corrected chi connectivity index (χ0v) is 7.92. The van der Waals surface area contributed by atoms with E-state index in [0.717, 1.165) is 0 Å². The molecule has 15 heavy (non-hydrogen) atoms. The van der Waals surface area contributed by atoms with E-state index in [-0.39, 0.29) is 16.3 Å². The lowest BCUT2D eigenvalue weighted by atomic mass is 10.5. The molecule has 0 fully saturated rings. The fourth-order valence-electron chi connectivity index (χ4n) is 1.11. The Labute approximate surface area is 86.7 Å². The summed E-state index contributed by atoms with van der Waals surface area (Å²) < 4.78 is 37.0. The van der Waals surface area contributed by atoms with Crippen LogP contribution < -0.4 is 0 Å². The van der Waals surface area contributed by atoms with Crippen LogP contribution >= 0.6 is 11.6 Å². The van der Waals surface area contributed by atoms with Crippen LogP contribution in [0.3, 0.4) is 0 Å². The third-order valence-electron chi connectivity index (χ3n) is 1.64. The minimum absolute atomic E-state index is 0.0276. The lowest BCUT2D eigenvalue weighted by molar-refractivity contribution is -0.141. The lowest BCUT2D eigenvalue weighted by Gasteiger charge is -2.06. The van der Waals surface area contributed by atoms with Crippen LogP contribution in [0.2, 0.25) is 5.15 Å². The number of hydrogen-bond acceptors (Lipinski definition) is 3. The van der Waals surface area contributed by atoms with Gasteiger partial charge in [-0.1, -0.05) is 11.6 Å². The molecule has 2 rings (SSSR count). The molecule has 0 N–H and O–H groups in total. The predicted molar refractivity (Wildman–Crippen MR) is 46.4 cm³/mol. The molecule has 0 saturated carbocycles. The maximum Gasteiger partial charge on any atom is 0.408 e. The molecule has 2 heterocycles. The largest absolute Gasteiger partial charge is 0.408 e. The molecule has 2 aromatic heterocycles. The average molecular weight is 237 g/mol. The van der Waals surface area contributed by atoms with Crippen molar-refractivity contribution in [3.63, 3.8) is 0 Å². The van der Waals surface area contributed by atoms with Gasteiger partial charge >= 0.3 is 6.18 Å². The summed E-state index contributed by atoms with van der Waals surface area (Å²) in [5.74, 6) is 0. The molecule has 0 bridgehead atoms. The fourth-order valence-corrected chi connectivity index (χ4v) is 1.24. The normalized spacial score (nSPS) is 12.3. The van der Waals surface area contributed by atoms with E-state index in [0.29, 0.717) is 4.68 Å². The van der Waals surface area contributed by atoms with Gasteiger partial charge in [0, 0.05) is 0 Å². The number of hydrogen-bond donors (Lipinski definition) is 0. The fraction of sp³-hybridized carbons (Fsp3) is 0.286. The van der Waals surface area contributed by atoms with Crippen LogP contribution in [0.25, 0.3) is 11.2 Å². The van der Waals surface area contributed by atoms with Crippen LogP contribution in [-0.2, 0) is 6.54 Å². The summed E-state index contributed by atoms with van der Waals surface area (Å²) in [4.78, 5) is 7.51. The lowest BCUT2D eigenvalue weighted by Crippen LogP contribution is -2.18. The highest BCUT2D eigenvalue weighted by atomic mass is 35.5. The van der Waals surface area contributed by atoms with Crippen LogP contribution in [0, 0.1) is 0 Å². The summed E-state index contributed by atoms with van der Waals surface area (Å²) in [5.41, 5.74) is 0.309. The van der Waals surface area contributed by atoms with E-state index in [2.05, 4.69) is 15.1 Å². The zero-order valence-electron chi connectivity index (χ0n) is 7.16. The minimum Gasteiger partial charge on any atom is -0.248 e. The second-order valence-electron chi connectivity index (χ2n) is 2.82. The molecular formula is C7H4ClF3N4. The van der Waals surface area contributed by atoms with Gasteiger partial charge in [0.05, 0.1) is 12.4 Å². The molecule has 0 amide bonds. The molecule has 0 aromatic carbocycles. The van der Waals surface area contributed by atoms with Crippen molar-refractivity contribution >= 4 is 22.8 Å². The Kier molecular flexibility index (Phi) is 2.26. The van der Waals surface area contributed by atoms with Gasteiger partial charge in [-0.15, -0.1) is 0 Å². The van der Waals surface area contributed by atoms with Crippen LogP contribution in [0.15, 0.2) is 12.4 Å². The van der Waals surface area contributed by atoms with Crippen molar-refractivity contribution in [2.24, 2.45) is 0 Å². The molecular weight excluding hydrogens is 233 g/mol. The highest BCUT2D eigenvalue weighted by molar-refractivity contribution is 6.29. The Hall–Kier alpha value is -1.37. The van der Waals surface area contributed by atoms with Gasteiger partial charge in [-0.05, 0) is 0 Å².